The van der Waals surface area contributed by atoms with E-state index < -0.39 is 0 Å². The van der Waals surface area contributed by atoms with Gasteiger partial charge >= 0.3 is 6.01 Å². The maximum Gasteiger partial charge on any atom is 0.323 e. The number of methoxy groups -OCH3 is 1. The van der Waals surface area contributed by atoms with E-state index >= 15 is 0 Å². The molecule has 0 saturated carbocycles. The van der Waals surface area contributed by atoms with Crippen molar-refractivity contribution in [2.24, 2.45) is 0 Å². The summed E-state index contributed by atoms with van der Waals surface area (Å²) in [6, 6.07) is 0.326. The molecule has 0 aliphatic carbocycles. The summed E-state index contributed by atoms with van der Waals surface area (Å²) in [6.45, 7) is 3.96. The molecular formula is C13H23N5O3. The predicted octanol–water partition coefficient (Wildman–Crippen LogP) is 0.555. The molecular weight excluding hydrogens is 274 g/mol. The Morgan fingerprint density at radius 2 is 1.81 bits per heavy atom. The monoisotopic (exact) mass is 297 g/mol. The highest BCUT2D eigenvalue weighted by atomic mass is 16.5. The molecule has 0 bridgehead atoms. The molecule has 0 radical (unpaired) electrons. The van der Waals surface area contributed by atoms with Crippen molar-refractivity contribution in [2.45, 2.75) is 12.8 Å². The molecule has 1 aromatic rings. The molecule has 1 aromatic heterocycles. The number of nitrogens with zero attached hydrogens (tertiary/aromatic N) is 4. The van der Waals surface area contributed by atoms with Crippen molar-refractivity contribution in [1.29, 1.82) is 0 Å². The molecule has 2 heterocycles. The van der Waals surface area contributed by atoms with Gasteiger partial charge in [0, 0.05) is 27.2 Å². The molecule has 1 saturated heterocycles. The second-order valence-electron chi connectivity index (χ2n) is 4.64. The molecule has 21 heavy (non-hydrogen) atoms. The van der Waals surface area contributed by atoms with E-state index in [1.54, 1.807) is 14.2 Å². The summed E-state index contributed by atoms with van der Waals surface area (Å²) in [5, 5.41) is 2.93. The maximum atomic E-state index is 5.53. The minimum absolute atomic E-state index is 0.326. The fourth-order valence-corrected chi connectivity index (χ4v) is 2.02. The Balaban J connectivity index is 1.87. The molecule has 118 valence electrons. The first kappa shape index (κ1) is 15.7. The van der Waals surface area contributed by atoms with Gasteiger partial charge in [0.15, 0.2) is 0 Å². The summed E-state index contributed by atoms with van der Waals surface area (Å²) in [4.78, 5) is 15.1. The Morgan fingerprint density at radius 1 is 1.05 bits per heavy atom. The molecule has 0 spiro atoms. The van der Waals surface area contributed by atoms with Crippen LogP contribution >= 0.6 is 0 Å². The summed E-state index contributed by atoms with van der Waals surface area (Å²) >= 11 is 0. The Bertz CT molecular complexity index is 426. The lowest BCUT2D eigenvalue weighted by atomic mass is 10.4. The van der Waals surface area contributed by atoms with E-state index in [1.807, 2.05) is 0 Å². The molecule has 0 unspecified atom stereocenters. The average Bonchev–Trinajstić information content (AvgIpc) is 3.05. The quantitative estimate of drug-likeness (QED) is 0.662. The lowest BCUT2D eigenvalue weighted by molar-refractivity contribution is 0.0528. The minimum atomic E-state index is 0.326. The molecule has 1 N–H and O–H groups in total. The van der Waals surface area contributed by atoms with Crippen molar-refractivity contribution in [2.75, 3.05) is 63.9 Å². The standard InChI is InChI=1S/C13H23N5O3/c1-14-11-15-12(18-5-3-4-6-18)17-13(16-11)21-10-9-20-8-7-19-2/h3-10H2,1-2H3,(H,14,15,16,17). The van der Waals surface area contributed by atoms with Gasteiger partial charge in [0.1, 0.15) is 6.61 Å². The molecule has 1 aliphatic heterocycles. The summed E-state index contributed by atoms with van der Waals surface area (Å²) in [7, 11) is 3.42. The van der Waals surface area contributed by atoms with E-state index in [0.29, 0.717) is 44.3 Å². The normalized spacial score (nSPS) is 14.5. The highest BCUT2D eigenvalue weighted by Crippen LogP contribution is 2.19. The van der Waals surface area contributed by atoms with E-state index in [0.717, 1.165) is 13.1 Å². The highest BCUT2D eigenvalue weighted by molar-refractivity contribution is 5.38. The summed E-state index contributed by atoms with van der Waals surface area (Å²) in [5.41, 5.74) is 0. The van der Waals surface area contributed by atoms with Gasteiger partial charge in [-0.05, 0) is 12.8 Å². The number of hydrogen-bond acceptors (Lipinski definition) is 8. The molecule has 1 aliphatic rings. The number of rotatable bonds is 9. The van der Waals surface area contributed by atoms with E-state index in [9.17, 15) is 0 Å². The van der Waals surface area contributed by atoms with Crippen LogP contribution < -0.4 is 15.0 Å². The second kappa shape index (κ2) is 8.58. The molecule has 8 heteroatoms. The highest BCUT2D eigenvalue weighted by Gasteiger charge is 2.17. The van der Waals surface area contributed by atoms with Gasteiger partial charge in [0.25, 0.3) is 0 Å². The number of ether oxygens (including phenoxy) is 3. The van der Waals surface area contributed by atoms with Crippen LogP contribution in [0, 0.1) is 0 Å². The molecule has 2 rings (SSSR count). The Kier molecular flexibility index (Phi) is 6.42. The smallest absolute Gasteiger partial charge is 0.323 e. The van der Waals surface area contributed by atoms with E-state index in [2.05, 4.69) is 25.2 Å². The number of anilines is 2. The Labute approximate surface area is 124 Å². The zero-order valence-corrected chi connectivity index (χ0v) is 12.7. The lowest BCUT2D eigenvalue weighted by Crippen LogP contribution is -2.22. The molecule has 0 amide bonds. The third-order valence-corrected chi connectivity index (χ3v) is 3.11. The van der Waals surface area contributed by atoms with Crippen molar-refractivity contribution < 1.29 is 14.2 Å². The van der Waals surface area contributed by atoms with Crippen LogP contribution in [0.25, 0.3) is 0 Å². The topological polar surface area (TPSA) is 81.6 Å². The Hall–Kier alpha value is -1.67. The van der Waals surface area contributed by atoms with Crippen LogP contribution in [0.5, 0.6) is 6.01 Å². The fourth-order valence-electron chi connectivity index (χ4n) is 2.02. The van der Waals surface area contributed by atoms with Gasteiger partial charge in [-0.3, -0.25) is 0 Å². The second-order valence-corrected chi connectivity index (χ2v) is 4.64. The predicted molar refractivity (Wildman–Crippen MR) is 79.0 cm³/mol. The molecule has 8 nitrogen and oxygen atoms in total. The van der Waals surface area contributed by atoms with Gasteiger partial charge in [-0.15, -0.1) is 0 Å². The Morgan fingerprint density at radius 3 is 2.52 bits per heavy atom. The van der Waals surface area contributed by atoms with Crippen LogP contribution in [0.3, 0.4) is 0 Å². The lowest BCUT2D eigenvalue weighted by Gasteiger charge is -2.16. The van der Waals surface area contributed by atoms with Gasteiger partial charge < -0.3 is 24.4 Å². The fraction of sp³-hybridized carbons (Fsp3) is 0.769. The van der Waals surface area contributed by atoms with Crippen LogP contribution in [-0.4, -0.2) is 68.6 Å². The number of hydrogen-bond donors (Lipinski definition) is 1. The van der Waals surface area contributed by atoms with Gasteiger partial charge in [-0.25, -0.2) is 0 Å². The minimum Gasteiger partial charge on any atom is -0.461 e. The van der Waals surface area contributed by atoms with Crippen LogP contribution in [0.15, 0.2) is 0 Å². The first-order valence-corrected chi connectivity index (χ1v) is 7.21. The van der Waals surface area contributed by atoms with Crippen molar-refractivity contribution in [3.8, 4) is 6.01 Å². The van der Waals surface area contributed by atoms with Crippen LogP contribution in [0.1, 0.15) is 12.8 Å². The van der Waals surface area contributed by atoms with Crippen molar-refractivity contribution in [3.05, 3.63) is 0 Å². The van der Waals surface area contributed by atoms with Crippen molar-refractivity contribution in [1.82, 2.24) is 15.0 Å². The van der Waals surface area contributed by atoms with Gasteiger partial charge in [-0.2, -0.15) is 15.0 Å². The molecule has 1 fully saturated rings. The summed E-state index contributed by atoms with van der Waals surface area (Å²) in [6.07, 6.45) is 2.34. The van der Waals surface area contributed by atoms with E-state index in [4.69, 9.17) is 14.2 Å². The average molecular weight is 297 g/mol. The zero-order chi connectivity index (χ0) is 14.9. The number of aromatic nitrogens is 3. The van der Waals surface area contributed by atoms with Gasteiger partial charge in [-0.1, -0.05) is 0 Å². The first-order chi connectivity index (χ1) is 10.3. The van der Waals surface area contributed by atoms with Crippen LogP contribution in [-0.2, 0) is 9.47 Å². The third-order valence-electron chi connectivity index (χ3n) is 3.11. The van der Waals surface area contributed by atoms with Crippen LogP contribution in [0.4, 0.5) is 11.9 Å². The summed E-state index contributed by atoms with van der Waals surface area (Å²) < 4.78 is 15.8. The maximum absolute atomic E-state index is 5.53. The van der Waals surface area contributed by atoms with E-state index in [1.165, 1.54) is 12.8 Å². The van der Waals surface area contributed by atoms with E-state index in [-0.39, 0.29) is 0 Å². The first-order valence-electron chi connectivity index (χ1n) is 7.21. The largest absolute Gasteiger partial charge is 0.461 e. The van der Waals surface area contributed by atoms with Crippen LogP contribution in [0.2, 0.25) is 0 Å². The SMILES string of the molecule is CNc1nc(OCCOCCOC)nc(N2CCCC2)n1. The van der Waals surface area contributed by atoms with Gasteiger partial charge in [0.2, 0.25) is 11.9 Å². The van der Waals surface area contributed by atoms with Gasteiger partial charge in [0.05, 0.1) is 19.8 Å². The van der Waals surface area contributed by atoms with Crippen molar-refractivity contribution in [3.63, 3.8) is 0 Å². The molecule has 0 atom stereocenters. The van der Waals surface area contributed by atoms with Crippen molar-refractivity contribution >= 4 is 11.9 Å². The molecule has 0 aromatic carbocycles. The number of nitrogens with one attached hydrogen (secondary N) is 1. The summed E-state index contributed by atoms with van der Waals surface area (Å²) in [5.74, 6) is 1.18. The third kappa shape index (κ3) is 4.98. The zero-order valence-electron chi connectivity index (χ0n) is 12.7.